The number of rotatable bonds is 4. The van der Waals surface area contributed by atoms with E-state index in [0.29, 0.717) is 12.0 Å². The average molecular weight is 262 g/mol. The Morgan fingerprint density at radius 1 is 1.32 bits per heavy atom. The van der Waals surface area contributed by atoms with Crippen LogP contribution in [0.1, 0.15) is 50.8 Å². The third-order valence-electron chi connectivity index (χ3n) is 4.72. The summed E-state index contributed by atoms with van der Waals surface area (Å²) < 4.78 is 2.16. The van der Waals surface area contributed by atoms with Crippen molar-refractivity contribution in [3.05, 3.63) is 18.0 Å². The molecule has 2 aliphatic rings. The van der Waals surface area contributed by atoms with Gasteiger partial charge < -0.3 is 5.73 Å². The van der Waals surface area contributed by atoms with E-state index >= 15 is 0 Å². The number of hydrogen-bond acceptors (Lipinski definition) is 3. The molecule has 3 rings (SSSR count). The van der Waals surface area contributed by atoms with Crippen molar-refractivity contribution in [1.29, 1.82) is 0 Å². The first-order valence-electron chi connectivity index (χ1n) is 7.82. The van der Waals surface area contributed by atoms with Crippen LogP contribution in [-0.4, -0.2) is 33.8 Å². The summed E-state index contributed by atoms with van der Waals surface area (Å²) in [5.74, 6) is 0.588. The van der Waals surface area contributed by atoms with Crippen molar-refractivity contribution in [2.24, 2.45) is 11.7 Å². The molecule has 0 spiro atoms. The Kier molecular flexibility index (Phi) is 3.89. The second kappa shape index (κ2) is 5.63. The maximum atomic E-state index is 6.09. The molecule has 2 heterocycles. The Morgan fingerprint density at radius 2 is 2.16 bits per heavy atom. The van der Waals surface area contributed by atoms with E-state index in [1.54, 1.807) is 0 Å². The summed E-state index contributed by atoms with van der Waals surface area (Å²) in [6.45, 7) is 5.16. The predicted octanol–water partition coefficient (Wildman–Crippen LogP) is 2.17. The van der Waals surface area contributed by atoms with Gasteiger partial charge in [0.2, 0.25) is 0 Å². The lowest BCUT2D eigenvalue weighted by Crippen LogP contribution is -2.38. The normalized spacial score (nSPS) is 29.4. The highest BCUT2D eigenvalue weighted by molar-refractivity contribution is 5.12. The number of nitrogens with two attached hydrogens (primary N) is 1. The summed E-state index contributed by atoms with van der Waals surface area (Å²) in [6, 6.07) is 3.50. The Hall–Kier alpha value is -0.870. The van der Waals surface area contributed by atoms with Crippen molar-refractivity contribution >= 4 is 0 Å². The van der Waals surface area contributed by atoms with E-state index in [1.165, 1.54) is 44.3 Å². The molecule has 0 bridgehead atoms. The van der Waals surface area contributed by atoms with Gasteiger partial charge in [-0.25, -0.2) is 0 Å². The minimum absolute atomic E-state index is 0.488. The maximum absolute atomic E-state index is 6.09. The van der Waals surface area contributed by atoms with Gasteiger partial charge in [-0.2, -0.15) is 5.10 Å². The highest BCUT2D eigenvalue weighted by Crippen LogP contribution is 2.41. The summed E-state index contributed by atoms with van der Waals surface area (Å²) in [5, 5.41) is 4.47. The molecule has 1 aromatic rings. The smallest absolute Gasteiger partial charge is 0.0560 e. The van der Waals surface area contributed by atoms with E-state index in [4.69, 9.17) is 5.73 Å². The molecule has 2 unspecified atom stereocenters. The molecule has 1 aliphatic heterocycles. The Labute approximate surface area is 116 Å². The van der Waals surface area contributed by atoms with Gasteiger partial charge in [0.1, 0.15) is 0 Å². The van der Waals surface area contributed by atoms with E-state index in [-0.39, 0.29) is 0 Å². The summed E-state index contributed by atoms with van der Waals surface area (Å²) >= 11 is 0. The van der Waals surface area contributed by atoms with Crippen molar-refractivity contribution in [1.82, 2.24) is 14.7 Å². The van der Waals surface area contributed by atoms with E-state index in [2.05, 4.69) is 27.7 Å². The molecule has 4 nitrogen and oxygen atoms in total. The molecular weight excluding hydrogens is 236 g/mol. The van der Waals surface area contributed by atoms with Gasteiger partial charge in [0.15, 0.2) is 0 Å². The van der Waals surface area contributed by atoms with Gasteiger partial charge in [0, 0.05) is 18.8 Å². The molecule has 0 amide bonds. The zero-order valence-electron chi connectivity index (χ0n) is 12.0. The summed E-state index contributed by atoms with van der Waals surface area (Å²) in [5.41, 5.74) is 7.47. The molecule has 4 heteroatoms. The quantitative estimate of drug-likeness (QED) is 0.904. The third-order valence-corrected chi connectivity index (χ3v) is 4.72. The largest absolute Gasteiger partial charge is 0.330 e. The molecule has 0 radical (unpaired) electrons. The summed E-state index contributed by atoms with van der Waals surface area (Å²) in [6.07, 6.45) is 8.59. The van der Waals surface area contributed by atoms with Crippen molar-refractivity contribution in [3.8, 4) is 0 Å². The minimum Gasteiger partial charge on any atom is -0.330 e. The molecule has 1 saturated heterocycles. The second-order valence-corrected chi connectivity index (χ2v) is 5.98. The Balaban J connectivity index is 1.94. The van der Waals surface area contributed by atoms with Gasteiger partial charge in [-0.1, -0.05) is 6.42 Å². The van der Waals surface area contributed by atoms with Crippen molar-refractivity contribution < 1.29 is 0 Å². The van der Waals surface area contributed by atoms with Gasteiger partial charge in [0.25, 0.3) is 0 Å². The number of likely N-dealkylation sites (tertiary alicyclic amines) is 1. The highest BCUT2D eigenvalue weighted by Gasteiger charge is 2.40. The van der Waals surface area contributed by atoms with Crippen LogP contribution in [-0.2, 0) is 6.54 Å². The molecule has 1 aliphatic carbocycles. The van der Waals surface area contributed by atoms with Gasteiger partial charge in [-0.05, 0) is 57.7 Å². The van der Waals surface area contributed by atoms with Crippen LogP contribution < -0.4 is 5.73 Å². The van der Waals surface area contributed by atoms with E-state index in [1.807, 2.05) is 6.20 Å². The first-order chi connectivity index (χ1) is 9.35. The average Bonchev–Trinajstić information content (AvgIpc) is 3.20. The second-order valence-electron chi connectivity index (χ2n) is 5.98. The third kappa shape index (κ3) is 2.56. The van der Waals surface area contributed by atoms with Crippen LogP contribution in [0.3, 0.4) is 0 Å². The van der Waals surface area contributed by atoms with E-state index in [9.17, 15) is 0 Å². The van der Waals surface area contributed by atoms with Crippen molar-refractivity contribution in [3.63, 3.8) is 0 Å². The standard InChI is InChI=1S/C15H26N4/c1-2-19-14(8-9-17-19)15-12(11-16)5-3-4-10-18(15)13-6-7-13/h8-9,12-13,15H,2-7,10-11,16H2,1H3. The topological polar surface area (TPSA) is 47.1 Å². The molecule has 2 N–H and O–H groups in total. The maximum Gasteiger partial charge on any atom is 0.0560 e. The molecule has 0 aromatic carbocycles. The van der Waals surface area contributed by atoms with Gasteiger partial charge in [0.05, 0.1) is 11.7 Å². The molecular formula is C15H26N4. The summed E-state index contributed by atoms with van der Waals surface area (Å²) in [4.78, 5) is 2.73. The van der Waals surface area contributed by atoms with Crippen molar-refractivity contribution in [2.75, 3.05) is 13.1 Å². The lowest BCUT2D eigenvalue weighted by atomic mass is 9.92. The van der Waals surface area contributed by atoms with Gasteiger partial charge >= 0.3 is 0 Å². The zero-order valence-corrected chi connectivity index (χ0v) is 12.0. The van der Waals surface area contributed by atoms with Crippen LogP contribution in [0.4, 0.5) is 0 Å². The molecule has 19 heavy (non-hydrogen) atoms. The lowest BCUT2D eigenvalue weighted by Gasteiger charge is -2.35. The van der Waals surface area contributed by atoms with Crippen LogP contribution >= 0.6 is 0 Å². The van der Waals surface area contributed by atoms with Gasteiger partial charge in [-0.3, -0.25) is 9.58 Å². The number of aryl methyl sites for hydroxylation is 1. The lowest BCUT2D eigenvalue weighted by molar-refractivity contribution is 0.140. The monoisotopic (exact) mass is 262 g/mol. The van der Waals surface area contributed by atoms with E-state index in [0.717, 1.165) is 19.1 Å². The molecule has 1 saturated carbocycles. The van der Waals surface area contributed by atoms with Crippen LogP contribution in [0.2, 0.25) is 0 Å². The minimum atomic E-state index is 0.488. The number of aromatic nitrogens is 2. The van der Waals surface area contributed by atoms with Crippen LogP contribution in [0.5, 0.6) is 0 Å². The molecule has 1 aromatic heterocycles. The van der Waals surface area contributed by atoms with E-state index < -0.39 is 0 Å². The first-order valence-corrected chi connectivity index (χ1v) is 7.82. The Morgan fingerprint density at radius 3 is 2.84 bits per heavy atom. The molecule has 2 fully saturated rings. The fraction of sp³-hybridized carbons (Fsp3) is 0.800. The molecule has 2 atom stereocenters. The summed E-state index contributed by atoms with van der Waals surface area (Å²) in [7, 11) is 0. The molecule has 106 valence electrons. The number of nitrogens with zero attached hydrogens (tertiary/aromatic N) is 3. The van der Waals surface area contributed by atoms with Crippen LogP contribution in [0.25, 0.3) is 0 Å². The Bertz CT molecular complexity index is 410. The fourth-order valence-corrected chi connectivity index (χ4v) is 3.60. The fourth-order valence-electron chi connectivity index (χ4n) is 3.60. The van der Waals surface area contributed by atoms with Gasteiger partial charge in [-0.15, -0.1) is 0 Å². The first kappa shape index (κ1) is 13.1. The SMILES string of the molecule is CCn1nccc1C1C(CN)CCCCN1C1CC1. The van der Waals surface area contributed by atoms with Crippen LogP contribution in [0.15, 0.2) is 12.3 Å². The zero-order chi connectivity index (χ0) is 13.2. The van der Waals surface area contributed by atoms with Crippen molar-refractivity contribution in [2.45, 2.75) is 57.7 Å². The number of hydrogen-bond donors (Lipinski definition) is 1. The predicted molar refractivity (Wildman–Crippen MR) is 76.8 cm³/mol. The highest BCUT2D eigenvalue weighted by atomic mass is 15.3. The van der Waals surface area contributed by atoms with Crippen LogP contribution in [0, 0.1) is 5.92 Å².